The molecular weight excluding hydrogens is 462 g/mol. The van der Waals surface area contributed by atoms with Crippen molar-refractivity contribution in [1.82, 2.24) is 0 Å². The Morgan fingerprint density at radius 3 is 2.00 bits per heavy atom. The Labute approximate surface area is 204 Å². The molecule has 2 atom stereocenters. The van der Waals surface area contributed by atoms with Crippen LogP contribution in [0.25, 0.3) is 0 Å². The third kappa shape index (κ3) is 11.1. The molecule has 11 heteroatoms. The predicted molar refractivity (Wildman–Crippen MR) is 124 cm³/mol. The maximum Gasteiger partial charge on any atom is 0.513 e. The van der Waals surface area contributed by atoms with Gasteiger partial charge in [0.25, 0.3) is 0 Å². The van der Waals surface area contributed by atoms with Gasteiger partial charge in [-0.1, -0.05) is 32.8 Å². The fraction of sp³-hybridized carbons (Fsp3) is 0.583. The first-order valence-corrected chi connectivity index (χ1v) is 11.5. The minimum atomic E-state index is -1.80. The van der Waals surface area contributed by atoms with Gasteiger partial charge in [0.1, 0.15) is 11.6 Å². The van der Waals surface area contributed by atoms with E-state index in [1.54, 1.807) is 0 Å². The number of hydrogen-bond donors (Lipinski definition) is 2. The van der Waals surface area contributed by atoms with Crippen LogP contribution in [0, 0.1) is 0 Å². The molecule has 0 aliphatic rings. The number of carbonyl (C=O) groups excluding carboxylic acids is 3. The number of hydrogen-bond acceptors (Lipinski definition) is 10. The minimum absolute atomic E-state index is 0.117. The highest BCUT2D eigenvalue weighted by Gasteiger charge is 2.37. The third-order valence-corrected chi connectivity index (χ3v) is 4.79. The van der Waals surface area contributed by atoms with E-state index in [0.29, 0.717) is 18.4 Å². The van der Waals surface area contributed by atoms with Crippen molar-refractivity contribution < 1.29 is 48.0 Å². The van der Waals surface area contributed by atoms with Crippen molar-refractivity contribution in [3.63, 3.8) is 0 Å². The molecule has 0 aliphatic carbocycles. The van der Waals surface area contributed by atoms with Gasteiger partial charge >= 0.3 is 24.2 Å². The maximum absolute atomic E-state index is 12.1. The Hall–Kier alpha value is -3.34. The fourth-order valence-electron chi connectivity index (χ4n) is 3.10. The lowest BCUT2D eigenvalue weighted by molar-refractivity contribution is -0.151. The lowest BCUT2D eigenvalue weighted by Gasteiger charge is -2.28. The molecule has 0 bridgehead atoms. The monoisotopic (exact) mass is 497 g/mol. The van der Waals surface area contributed by atoms with Crippen LogP contribution in [-0.4, -0.2) is 54.2 Å². The van der Waals surface area contributed by atoms with Crippen molar-refractivity contribution in [3.05, 3.63) is 23.8 Å². The molecule has 0 amide bonds. The van der Waals surface area contributed by atoms with Crippen LogP contribution in [0.15, 0.2) is 18.2 Å². The van der Waals surface area contributed by atoms with Crippen LogP contribution >= 0.6 is 0 Å². The van der Waals surface area contributed by atoms with Crippen molar-refractivity contribution in [3.8, 4) is 11.5 Å². The second-order valence-corrected chi connectivity index (χ2v) is 8.15. The number of unbranched alkanes of at least 4 members (excludes halogenated alkanes) is 2. The normalized spacial score (nSPS) is 13.2. The van der Waals surface area contributed by atoms with E-state index < -0.39 is 35.9 Å². The highest BCUT2D eigenvalue weighted by molar-refractivity contribution is 5.79. The van der Waals surface area contributed by atoms with Crippen molar-refractivity contribution in [1.29, 1.82) is 0 Å². The highest BCUT2D eigenvalue weighted by Crippen LogP contribution is 2.31. The average Bonchev–Trinajstić information content (AvgIpc) is 2.75. The Balaban J connectivity index is 3.14. The summed E-state index contributed by atoms with van der Waals surface area (Å²) < 4.78 is 25.4. The summed E-state index contributed by atoms with van der Waals surface area (Å²) in [5.41, 5.74) is 4.71. The van der Waals surface area contributed by atoms with Crippen molar-refractivity contribution in [2.24, 2.45) is 5.73 Å². The Morgan fingerprint density at radius 2 is 1.51 bits per heavy atom. The van der Waals surface area contributed by atoms with Crippen LogP contribution in [0.4, 0.5) is 9.59 Å². The summed E-state index contributed by atoms with van der Waals surface area (Å²) in [5, 5.41) is 9.73. The van der Waals surface area contributed by atoms with E-state index in [9.17, 15) is 24.3 Å². The van der Waals surface area contributed by atoms with Crippen LogP contribution in [0.1, 0.15) is 65.4 Å². The van der Waals surface area contributed by atoms with Gasteiger partial charge in [-0.3, -0.25) is 9.59 Å². The molecule has 1 aromatic carbocycles. The summed E-state index contributed by atoms with van der Waals surface area (Å²) in [7, 11) is 0. The Kier molecular flexibility index (Phi) is 12.6. The quantitative estimate of drug-likeness (QED) is 0.165. The number of esters is 1. The summed E-state index contributed by atoms with van der Waals surface area (Å²) in [6.07, 6.45) is -0.197. The summed E-state index contributed by atoms with van der Waals surface area (Å²) in [6.45, 7) is 6.92. The molecule has 0 saturated heterocycles. The zero-order valence-electron chi connectivity index (χ0n) is 20.7. The molecule has 1 rings (SSSR count). The SMILES string of the molecule is CCCCOC(=O)Oc1ccc(C[C@](N)(C[C@H](C)OC(C)=O)C(=O)O)cc1OC(=O)OCCCC. The molecule has 11 nitrogen and oxygen atoms in total. The molecule has 0 aliphatic heterocycles. The molecular formula is C24H35NO10. The van der Waals surface area contributed by atoms with Crippen LogP contribution in [-0.2, 0) is 30.2 Å². The Bertz CT molecular complexity index is 872. The van der Waals surface area contributed by atoms with Gasteiger partial charge in [0.15, 0.2) is 11.5 Å². The standard InChI is InChI=1S/C24H35NO10/c1-5-7-11-31-22(29)34-19-10-9-18(13-20(19)35-23(30)32-12-8-6-2)15-24(25,21(27)28)14-16(3)33-17(4)26/h9-10,13,16H,5-8,11-12,14-15,25H2,1-4H3,(H,27,28)/t16-,24+/m0/s1. The molecule has 35 heavy (non-hydrogen) atoms. The maximum atomic E-state index is 12.1. The molecule has 1 aromatic rings. The first kappa shape index (κ1) is 29.7. The molecule has 196 valence electrons. The topological polar surface area (TPSA) is 161 Å². The van der Waals surface area contributed by atoms with Gasteiger partial charge in [-0.15, -0.1) is 0 Å². The molecule has 0 radical (unpaired) electrons. The predicted octanol–water partition coefficient (Wildman–Crippen LogP) is 3.98. The van der Waals surface area contributed by atoms with Crippen LogP contribution < -0.4 is 15.2 Å². The van der Waals surface area contributed by atoms with Crippen LogP contribution in [0.5, 0.6) is 11.5 Å². The van der Waals surface area contributed by atoms with E-state index in [-0.39, 0.29) is 37.6 Å². The van der Waals surface area contributed by atoms with Gasteiger partial charge < -0.3 is 34.5 Å². The number of nitrogens with two attached hydrogens (primary N) is 1. The van der Waals surface area contributed by atoms with Gasteiger partial charge in [-0.05, 0) is 37.5 Å². The number of aliphatic carboxylic acids is 1. The second kappa shape index (κ2) is 14.8. The minimum Gasteiger partial charge on any atom is -0.480 e. The van der Waals surface area contributed by atoms with Gasteiger partial charge in [0, 0.05) is 19.8 Å². The van der Waals surface area contributed by atoms with E-state index in [1.807, 2.05) is 13.8 Å². The molecule has 0 saturated carbocycles. The van der Waals surface area contributed by atoms with E-state index in [4.69, 9.17) is 29.4 Å². The average molecular weight is 498 g/mol. The molecule has 3 N–H and O–H groups in total. The molecule has 0 aromatic heterocycles. The highest BCUT2D eigenvalue weighted by atomic mass is 16.7. The van der Waals surface area contributed by atoms with Gasteiger partial charge in [0.2, 0.25) is 0 Å². The molecule has 0 unspecified atom stereocenters. The molecule has 0 fully saturated rings. The van der Waals surface area contributed by atoms with E-state index in [2.05, 4.69) is 0 Å². The van der Waals surface area contributed by atoms with Gasteiger partial charge in [-0.2, -0.15) is 0 Å². The smallest absolute Gasteiger partial charge is 0.480 e. The summed E-state index contributed by atoms with van der Waals surface area (Å²) in [4.78, 5) is 47.2. The first-order chi connectivity index (χ1) is 16.5. The summed E-state index contributed by atoms with van der Waals surface area (Å²) in [5.74, 6) is -2.15. The number of carbonyl (C=O) groups is 4. The lowest BCUT2D eigenvalue weighted by Crippen LogP contribution is -2.52. The summed E-state index contributed by atoms with van der Waals surface area (Å²) in [6, 6.07) is 4.14. The van der Waals surface area contributed by atoms with E-state index >= 15 is 0 Å². The number of ether oxygens (including phenoxy) is 5. The largest absolute Gasteiger partial charge is 0.513 e. The molecule has 0 heterocycles. The van der Waals surface area contributed by atoms with Gasteiger partial charge in [0.05, 0.1) is 13.2 Å². The fourth-order valence-corrected chi connectivity index (χ4v) is 3.10. The third-order valence-electron chi connectivity index (χ3n) is 4.79. The van der Waals surface area contributed by atoms with Crippen LogP contribution in [0.2, 0.25) is 0 Å². The molecule has 0 spiro atoms. The van der Waals surface area contributed by atoms with Crippen molar-refractivity contribution in [2.75, 3.05) is 13.2 Å². The Morgan fingerprint density at radius 1 is 0.971 bits per heavy atom. The zero-order valence-corrected chi connectivity index (χ0v) is 20.7. The van der Waals surface area contributed by atoms with Crippen molar-refractivity contribution in [2.45, 2.75) is 77.9 Å². The first-order valence-electron chi connectivity index (χ1n) is 11.5. The van der Waals surface area contributed by atoms with Crippen LogP contribution in [0.3, 0.4) is 0 Å². The van der Waals surface area contributed by atoms with Crippen molar-refractivity contribution >= 4 is 24.2 Å². The number of carboxylic acids is 1. The number of carboxylic acid groups (broad SMARTS) is 1. The number of benzene rings is 1. The van der Waals surface area contributed by atoms with E-state index in [1.165, 1.54) is 32.0 Å². The number of rotatable bonds is 14. The second-order valence-electron chi connectivity index (χ2n) is 8.15. The zero-order chi connectivity index (χ0) is 26.4. The van der Waals surface area contributed by atoms with Gasteiger partial charge in [-0.25, -0.2) is 9.59 Å². The summed E-state index contributed by atoms with van der Waals surface area (Å²) >= 11 is 0. The lowest BCUT2D eigenvalue weighted by atomic mass is 9.86. The van der Waals surface area contributed by atoms with E-state index in [0.717, 1.165) is 12.8 Å².